The zero-order valence-corrected chi connectivity index (χ0v) is 9.04. The summed E-state index contributed by atoms with van der Waals surface area (Å²) in [4.78, 5) is 1.76. The normalized spacial score (nSPS) is 35.1. The SMILES string of the molecule is CCO[C@H]1C[C@@H](C)N(C)[C@@H](C(F)F)C1. The molecule has 0 aromatic rings. The third-order valence-electron chi connectivity index (χ3n) is 3.02. The molecule has 0 amide bonds. The Balaban J connectivity index is 2.57. The van der Waals surface area contributed by atoms with E-state index in [9.17, 15) is 8.78 Å². The molecule has 1 aliphatic rings. The maximum atomic E-state index is 12.7. The molecule has 1 fully saturated rings. The molecule has 0 spiro atoms. The molecule has 0 aromatic carbocycles. The Morgan fingerprint density at radius 3 is 2.57 bits per heavy atom. The Morgan fingerprint density at radius 1 is 1.43 bits per heavy atom. The van der Waals surface area contributed by atoms with E-state index < -0.39 is 12.5 Å². The van der Waals surface area contributed by atoms with Crippen LogP contribution in [0.25, 0.3) is 0 Å². The molecule has 1 heterocycles. The molecule has 0 radical (unpaired) electrons. The third kappa shape index (κ3) is 2.64. The van der Waals surface area contributed by atoms with Crippen molar-refractivity contribution in [1.29, 1.82) is 0 Å². The first-order valence-corrected chi connectivity index (χ1v) is 5.18. The van der Waals surface area contributed by atoms with E-state index in [2.05, 4.69) is 0 Å². The highest BCUT2D eigenvalue weighted by atomic mass is 19.3. The number of ether oxygens (including phenoxy) is 1. The Kier molecular flexibility index (Phi) is 4.26. The molecular weight excluding hydrogens is 188 g/mol. The monoisotopic (exact) mass is 207 g/mol. The quantitative estimate of drug-likeness (QED) is 0.703. The van der Waals surface area contributed by atoms with Gasteiger partial charge >= 0.3 is 0 Å². The predicted octanol–water partition coefficient (Wildman–Crippen LogP) is 2.14. The smallest absolute Gasteiger partial charge is 0.253 e. The maximum absolute atomic E-state index is 12.7. The van der Waals surface area contributed by atoms with Crippen LogP contribution in [-0.2, 0) is 4.74 Å². The molecule has 0 unspecified atom stereocenters. The van der Waals surface area contributed by atoms with Gasteiger partial charge < -0.3 is 4.74 Å². The van der Waals surface area contributed by atoms with Crippen molar-refractivity contribution in [1.82, 2.24) is 4.90 Å². The summed E-state index contributed by atoms with van der Waals surface area (Å²) in [5.74, 6) is 0. The summed E-state index contributed by atoms with van der Waals surface area (Å²) in [6, 6.07) is -0.463. The Morgan fingerprint density at radius 2 is 2.07 bits per heavy atom. The minimum Gasteiger partial charge on any atom is -0.378 e. The topological polar surface area (TPSA) is 12.5 Å². The second-order valence-electron chi connectivity index (χ2n) is 3.97. The third-order valence-corrected chi connectivity index (χ3v) is 3.02. The summed E-state index contributed by atoms with van der Waals surface area (Å²) in [5.41, 5.74) is 0. The second-order valence-corrected chi connectivity index (χ2v) is 3.97. The number of halogens is 2. The average molecular weight is 207 g/mol. The van der Waals surface area contributed by atoms with Gasteiger partial charge in [-0.3, -0.25) is 4.90 Å². The minimum atomic E-state index is -2.27. The van der Waals surface area contributed by atoms with Crippen LogP contribution in [0.4, 0.5) is 8.78 Å². The van der Waals surface area contributed by atoms with Gasteiger partial charge in [0.1, 0.15) is 0 Å². The highest BCUT2D eigenvalue weighted by Gasteiger charge is 2.36. The zero-order chi connectivity index (χ0) is 10.7. The van der Waals surface area contributed by atoms with Crippen molar-refractivity contribution in [2.75, 3.05) is 13.7 Å². The first-order valence-electron chi connectivity index (χ1n) is 5.18. The van der Waals surface area contributed by atoms with Gasteiger partial charge in [0.2, 0.25) is 0 Å². The van der Waals surface area contributed by atoms with Gasteiger partial charge in [0, 0.05) is 12.6 Å². The summed E-state index contributed by atoms with van der Waals surface area (Å²) < 4.78 is 30.7. The molecule has 1 saturated heterocycles. The second kappa shape index (κ2) is 5.03. The molecule has 1 aliphatic heterocycles. The van der Waals surface area contributed by atoms with Crippen molar-refractivity contribution in [3.63, 3.8) is 0 Å². The van der Waals surface area contributed by atoms with E-state index in [4.69, 9.17) is 4.74 Å². The summed E-state index contributed by atoms with van der Waals surface area (Å²) in [7, 11) is 1.77. The van der Waals surface area contributed by atoms with Crippen molar-refractivity contribution in [3.8, 4) is 0 Å². The van der Waals surface area contributed by atoms with E-state index >= 15 is 0 Å². The summed E-state index contributed by atoms with van der Waals surface area (Å²) in [5, 5.41) is 0. The summed E-state index contributed by atoms with van der Waals surface area (Å²) >= 11 is 0. The van der Waals surface area contributed by atoms with Gasteiger partial charge in [0.05, 0.1) is 12.1 Å². The van der Waals surface area contributed by atoms with Crippen LogP contribution in [0.2, 0.25) is 0 Å². The molecule has 1 rings (SSSR count). The highest BCUT2D eigenvalue weighted by Crippen LogP contribution is 2.27. The van der Waals surface area contributed by atoms with E-state index in [1.165, 1.54) is 0 Å². The molecule has 0 aromatic heterocycles. The molecular formula is C10H19F2NO. The molecule has 0 saturated carbocycles. The maximum Gasteiger partial charge on any atom is 0.253 e. The van der Waals surface area contributed by atoms with Gasteiger partial charge in [-0.15, -0.1) is 0 Å². The van der Waals surface area contributed by atoms with Crippen LogP contribution in [-0.4, -0.2) is 43.2 Å². The number of nitrogens with zero attached hydrogens (tertiary/aromatic N) is 1. The molecule has 3 atom stereocenters. The van der Waals surface area contributed by atoms with Gasteiger partial charge in [-0.05, 0) is 33.7 Å². The fraction of sp³-hybridized carbons (Fsp3) is 1.00. The Bertz CT molecular complexity index is 178. The molecule has 14 heavy (non-hydrogen) atoms. The van der Waals surface area contributed by atoms with Crippen molar-refractivity contribution < 1.29 is 13.5 Å². The lowest BCUT2D eigenvalue weighted by Crippen LogP contribution is -2.51. The van der Waals surface area contributed by atoms with E-state index in [0.29, 0.717) is 13.0 Å². The molecule has 4 heteroatoms. The van der Waals surface area contributed by atoms with Crippen LogP contribution in [0.15, 0.2) is 0 Å². The van der Waals surface area contributed by atoms with Crippen molar-refractivity contribution in [2.45, 2.75) is 51.3 Å². The van der Waals surface area contributed by atoms with Crippen LogP contribution >= 0.6 is 0 Å². The number of rotatable bonds is 3. The fourth-order valence-electron chi connectivity index (χ4n) is 2.06. The van der Waals surface area contributed by atoms with Crippen molar-refractivity contribution in [3.05, 3.63) is 0 Å². The van der Waals surface area contributed by atoms with Gasteiger partial charge in [-0.2, -0.15) is 0 Å². The zero-order valence-electron chi connectivity index (χ0n) is 9.04. The lowest BCUT2D eigenvalue weighted by Gasteiger charge is -2.41. The Hall–Kier alpha value is -0.220. The van der Waals surface area contributed by atoms with Crippen LogP contribution in [0, 0.1) is 0 Å². The lowest BCUT2D eigenvalue weighted by atomic mass is 9.94. The molecule has 2 nitrogen and oxygen atoms in total. The fourth-order valence-corrected chi connectivity index (χ4v) is 2.06. The summed E-state index contributed by atoms with van der Waals surface area (Å²) in [6.45, 7) is 4.48. The number of hydrogen-bond acceptors (Lipinski definition) is 2. The number of alkyl halides is 2. The van der Waals surface area contributed by atoms with Gasteiger partial charge in [-0.1, -0.05) is 0 Å². The Labute approximate surface area is 84.2 Å². The van der Waals surface area contributed by atoms with E-state index in [0.717, 1.165) is 6.42 Å². The molecule has 0 aliphatic carbocycles. The standard InChI is InChI=1S/C10H19F2NO/c1-4-14-8-5-7(2)13(3)9(6-8)10(11)12/h7-10H,4-6H2,1-3H3/t7-,8+,9-/m1/s1. The van der Waals surface area contributed by atoms with Gasteiger partial charge in [0.15, 0.2) is 0 Å². The van der Waals surface area contributed by atoms with Crippen LogP contribution in [0.3, 0.4) is 0 Å². The molecule has 0 N–H and O–H groups in total. The van der Waals surface area contributed by atoms with Crippen LogP contribution in [0.1, 0.15) is 26.7 Å². The largest absolute Gasteiger partial charge is 0.378 e. The van der Waals surface area contributed by atoms with Gasteiger partial charge in [0.25, 0.3) is 6.43 Å². The van der Waals surface area contributed by atoms with E-state index in [-0.39, 0.29) is 12.1 Å². The number of hydrogen-bond donors (Lipinski definition) is 0. The average Bonchev–Trinajstić information content (AvgIpc) is 2.11. The first-order chi connectivity index (χ1) is 6.56. The number of piperidine rings is 1. The van der Waals surface area contributed by atoms with Crippen LogP contribution in [0.5, 0.6) is 0 Å². The first kappa shape index (κ1) is 11.9. The van der Waals surface area contributed by atoms with E-state index in [1.54, 1.807) is 11.9 Å². The van der Waals surface area contributed by atoms with Crippen molar-refractivity contribution in [2.24, 2.45) is 0 Å². The van der Waals surface area contributed by atoms with Gasteiger partial charge in [-0.25, -0.2) is 8.78 Å². The van der Waals surface area contributed by atoms with Crippen LogP contribution < -0.4 is 0 Å². The molecule has 84 valence electrons. The predicted molar refractivity (Wildman–Crippen MR) is 51.7 cm³/mol. The number of likely N-dealkylation sites (tertiary alicyclic amines) is 1. The van der Waals surface area contributed by atoms with Crippen molar-refractivity contribution >= 4 is 0 Å². The van der Waals surface area contributed by atoms with E-state index in [1.807, 2.05) is 13.8 Å². The lowest BCUT2D eigenvalue weighted by molar-refractivity contribution is -0.0695. The summed E-state index contributed by atoms with van der Waals surface area (Å²) in [6.07, 6.45) is -0.962. The highest BCUT2D eigenvalue weighted by molar-refractivity contribution is 4.86. The minimum absolute atomic E-state index is 0.00481. The molecule has 0 bridgehead atoms.